The van der Waals surface area contributed by atoms with Crippen LogP contribution in [0.25, 0.3) is 0 Å². The van der Waals surface area contributed by atoms with Gasteiger partial charge in [-0.1, -0.05) is 13.8 Å². The van der Waals surface area contributed by atoms with E-state index in [9.17, 15) is 9.59 Å². The van der Waals surface area contributed by atoms with Gasteiger partial charge in [0.2, 0.25) is 0 Å². The molecule has 0 saturated heterocycles. The summed E-state index contributed by atoms with van der Waals surface area (Å²) in [4.78, 5) is 33.5. The third-order valence-corrected chi connectivity index (χ3v) is 3.57. The van der Waals surface area contributed by atoms with Gasteiger partial charge in [0.1, 0.15) is 11.4 Å². The predicted octanol–water partition coefficient (Wildman–Crippen LogP) is 2.23. The van der Waals surface area contributed by atoms with Crippen molar-refractivity contribution in [2.45, 2.75) is 59.0 Å². The van der Waals surface area contributed by atoms with Gasteiger partial charge in [0.05, 0.1) is 5.69 Å². The molecule has 1 aliphatic heterocycles. The first kappa shape index (κ1) is 16.5. The minimum absolute atomic E-state index is 0.0836. The minimum atomic E-state index is -0.517. The molecule has 122 valence electrons. The highest BCUT2D eigenvalue weighted by Crippen LogP contribution is 2.16. The van der Waals surface area contributed by atoms with Gasteiger partial charge in [-0.15, -0.1) is 0 Å². The molecule has 0 radical (unpaired) electrons. The van der Waals surface area contributed by atoms with Gasteiger partial charge in [-0.25, -0.2) is 9.78 Å². The quantitative estimate of drug-likeness (QED) is 0.863. The molecule has 6 nitrogen and oxygen atoms in total. The van der Waals surface area contributed by atoms with Crippen molar-refractivity contribution >= 4 is 6.09 Å². The SMILES string of the molecule is CC(C)c1nc2c(c(=O)[nH]1)CCN(C(=O)OC(C)(C)C)CC2. The maximum atomic E-state index is 12.2. The van der Waals surface area contributed by atoms with Crippen molar-refractivity contribution in [3.05, 3.63) is 27.4 Å². The Morgan fingerprint density at radius 1 is 1.27 bits per heavy atom. The minimum Gasteiger partial charge on any atom is -0.444 e. The van der Waals surface area contributed by atoms with Crippen molar-refractivity contribution < 1.29 is 9.53 Å². The number of nitrogens with zero attached hydrogens (tertiary/aromatic N) is 2. The molecule has 0 aromatic carbocycles. The Balaban J connectivity index is 2.18. The summed E-state index contributed by atoms with van der Waals surface area (Å²) < 4.78 is 5.40. The number of hydrogen-bond donors (Lipinski definition) is 1. The number of carbonyl (C=O) groups excluding carboxylic acids is 1. The molecule has 0 spiro atoms. The van der Waals surface area contributed by atoms with E-state index < -0.39 is 5.60 Å². The lowest BCUT2D eigenvalue weighted by molar-refractivity contribution is 0.0258. The highest BCUT2D eigenvalue weighted by atomic mass is 16.6. The average molecular weight is 307 g/mol. The number of amides is 1. The van der Waals surface area contributed by atoms with Crippen molar-refractivity contribution in [1.82, 2.24) is 14.9 Å². The summed E-state index contributed by atoms with van der Waals surface area (Å²) in [6, 6.07) is 0. The van der Waals surface area contributed by atoms with Gasteiger partial charge in [-0.3, -0.25) is 4.79 Å². The molecular formula is C16H25N3O3. The number of nitrogens with one attached hydrogen (secondary N) is 1. The Labute approximate surface area is 130 Å². The Hall–Kier alpha value is -1.85. The molecule has 0 bridgehead atoms. The number of H-pyrrole nitrogens is 1. The topological polar surface area (TPSA) is 75.3 Å². The van der Waals surface area contributed by atoms with Crippen LogP contribution in [0.1, 0.15) is 57.6 Å². The highest BCUT2D eigenvalue weighted by molar-refractivity contribution is 5.68. The van der Waals surface area contributed by atoms with E-state index in [-0.39, 0.29) is 17.6 Å². The molecule has 1 aromatic heterocycles. The fourth-order valence-electron chi connectivity index (χ4n) is 2.41. The first-order chi connectivity index (χ1) is 10.2. The van der Waals surface area contributed by atoms with Crippen LogP contribution in [0, 0.1) is 0 Å². The molecule has 1 aliphatic rings. The van der Waals surface area contributed by atoms with Crippen molar-refractivity contribution in [3.63, 3.8) is 0 Å². The molecule has 1 amide bonds. The second-order valence-corrected chi connectivity index (χ2v) is 7.00. The van der Waals surface area contributed by atoms with Gasteiger partial charge in [-0.05, 0) is 27.2 Å². The fraction of sp³-hybridized carbons (Fsp3) is 0.688. The smallest absolute Gasteiger partial charge is 0.410 e. The van der Waals surface area contributed by atoms with E-state index in [1.165, 1.54) is 0 Å². The van der Waals surface area contributed by atoms with E-state index in [4.69, 9.17) is 4.74 Å². The number of ether oxygens (including phenoxy) is 1. The van der Waals surface area contributed by atoms with E-state index in [0.717, 1.165) is 5.69 Å². The number of fused-ring (bicyclic) bond motifs is 1. The molecule has 2 rings (SSSR count). The maximum Gasteiger partial charge on any atom is 0.410 e. The summed E-state index contributed by atoms with van der Waals surface area (Å²) >= 11 is 0. The summed E-state index contributed by atoms with van der Waals surface area (Å²) in [7, 11) is 0. The molecule has 0 unspecified atom stereocenters. The lowest BCUT2D eigenvalue weighted by Gasteiger charge is -2.26. The normalized spacial score (nSPS) is 15.5. The van der Waals surface area contributed by atoms with E-state index in [1.54, 1.807) is 4.90 Å². The van der Waals surface area contributed by atoms with E-state index in [0.29, 0.717) is 37.3 Å². The number of aromatic amines is 1. The van der Waals surface area contributed by atoms with Crippen molar-refractivity contribution in [2.24, 2.45) is 0 Å². The summed E-state index contributed by atoms with van der Waals surface area (Å²) in [5, 5.41) is 0. The second kappa shape index (κ2) is 6.10. The third-order valence-electron chi connectivity index (χ3n) is 3.57. The van der Waals surface area contributed by atoms with E-state index in [1.807, 2.05) is 34.6 Å². The first-order valence-electron chi connectivity index (χ1n) is 7.77. The highest BCUT2D eigenvalue weighted by Gasteiger charge is 2.26. The maximum absolute atomic E-state index is 12.2. The molecule has 2 heterocycles. The summed E-state index contributed by atoms with van der Waals surface area (Å²) in [5.41, 5.74) is 0.894. The number of carbonyl (C=O) groups is 1. The Morgan fingerprint density at radius 3 is 2.50 bits per heavy atom. The van der Waals surface area contributed by atoms with Gasteiger partial charge in [0.15, 0.2) is 0 Å². The second-order valence-electron chi connectivity index (χ2n) is 7.00. The average Bonchev–Trinajstić information content (AvgIpc) is 2.59. The van der Waals surface area contributed by atoms with Crippen LogP contribution >= 0.6 is 0 Å². The lowest BCUT2D eigenvalue weighted by atomic mass is 10.1. The van der Waals surface area contributed by atoms with Crippen molar-refractivity contribution in [3.8, 4) is 0 Å². The lowest BCUT2D eigenvalue weighted by Crippen LogP contribution is -2.38. The van der Waals surface area contributed by atoms with Gasteiger partial charge >= 0.3 is 6.09 Å². The molecule has 0 fully saturated rings. The number of rotatable bonds is 1. The fourth-order valence-corrected chi connectivity index (χ4v) is 2.41. The Morgan fingerprint density at radius 2 is 1.91 bits per heavy atom. The van der Waals surface area contributed by atoms with Gasteiger partial charge < -0.3 is 14.6 Å². The van der Waals surface area contributed by atoms with Crippen LogP contribution in [0.15, 0.2) is 4.79 Å². The van der Waals surface area contributed by atoms with Crippen LogP contribution in [-0.4, -0.2) is 39.7 Å². The zero-order valence-corrected chi connectivity index (χ0v) is 14.0. The van der Waals surface area contributed by atoms with Crippen LogP contribution in [0.3, 0.4) is 0 Å². The molecule has 1 aromatic rings. The van der Waals surface area contributed by atoms with Crippen LogP contribution in [0.2, 0.25) is 0 Å². The van der Waals surface area contributed by atoms with Crippen molar-refractivity contribution in [2.75, 3.05) is 13.1 Å². The predicted molar refractivity (Wildman–Crippen MR) is 84.2 cm³/mol. The first-order valence-corrected chi connectivity index (χ1v) is 7.77. The van der Waals surface area contributed by atoms with Crippen LogP contribution in [0.4, 0.5) is 4.79 Å². The number of hydrogen-bond acceptors (Lipinski definition) is 4. The van der Waals surface area contributed by atoms with E-state index in [2.05, 4.69) is 9.97 Å². The zero-order chi connectivity index (χ0) is 16.5. The molecular weight excluding hydrogens is 282 g/mol. The van der Waals surface area contributed by atoms with E-state index >= 15 is 0 Å². The largest absolute Gasteiger partial charge is 0.444 e. The molecule has 0 saturated carbocycles. The van der Waals surface area contributed by atoms with Crippen molar-refractivity contribution in [1.29, 1.82) is 0 Å². The molecule has 22 heavy (non-hydrogen) atoms. The van der Waals surface area contributed by atoms with Crippen LogP contribution in [0.5, 0.6) is 0 Å². The van der Waals surface area contributed by atoms with Gasteiger partial charge in [-0.2, -0.15) is 0 Å². The summed E-state index contributed by atoms with van der Waals surface area (Å²) in [5.74, 6) is 0.873. The van der Waals surface area contributed by atoms with Crippen LogP contribution < -0.4 is 5.56 Å². The Bertz CT molecular complexity index is 614. The molecule has 0 atom stereocenters. The Kier molecular flexibility index (Phi) is 4.58. The molecule has 6 heteroatoms. The summed E-state index contributed by atoms with van der Waals surface area (Å²) in [6.07, 6.45) is 0.758. The molecule has 1 N–H and O–H groups in total. The summed E-state index contributed by atoms with van der Waals surface area (Å²) in [6.45, 7) is 10.5. The molecule has 0 aliphatic carbocycles. The standard InChI is InChI=1S/C16H25N3O3/c1-10(2)13-17-12-7-9-19(15(21)22-16(3,4)5)8-6-11(12)14(20)18-13/h10H,6-9H2,1-5H3,(H,17,18,20). The van der Waals surface area contributed by atoms with Gasteiger partial charge in [0, 0.05) is 31.0 Å². The zero-order valence-electron chi connectivity index (χ0n) is 14.0. The third kappa shape index (κ3) is 3.87. The van der Waals surface area contributed by atoms with Gasteiger partial charge in [0.25, 0.3) is 5.56 Å². The number of aromatic nitrogens is 2. The monoisotopic (exact) mass is 307 g/mol. The van der Waals surface area contributed by atoms with Crippen LogP contribution in [-0.2, 0) is 17.6 Å².